The summed E-state index contributed by atoms with van der Waals surface area (Å²) < 4.78 is 0. The molecular weight excluding hydrogens is 392 g/mol. The summed E-state index contributed by atoms with van der Waals surface area (Å²) in [5, 5.41) is 0. The molecule has 4 rings (SSSR count). The monoisotopic (exact) mass is 420 g/mol. The van der Waals surface area contributed by atoms with Crippen LogP contribution in [0.2, 0.25) is 0 Å². The molecule has 0 fully saturated rings. The molecule has 1 unspecified atom stereocenters. The number of nitrogens with two attached hydrogens (primary N) is 1. The third kappa shape index (κ3) is 3.54. The number of allylic oxidation sites excluding steroid dienone is 1. The average Bonchev–Trinajstić information content (AvgIpc) is 3.24. The summed E-state index contributed by atoms with van der Waals surface area (Å²) >= 11 is 1.76. The molecule has 3 heterocycles. The van der Waals surface area contributed by atoms with Gasteiger partial charge in [-0.3, -0.25) is 14.7 Å². The molecule has 2 aliphatic heterocycles. The SMILES string of the molecule is CC(C)c1ccc([C@@H]2C(=O)N(C)C(N)=N[C@]2(C)C2=CC(c3cccnc3)CS2)cc1. The van der Waals surface area contributed by atoms with Gasteiger partial charge in [-0.1, -0.05) is 50.3 Å². The van der Waals surface area contributed by atoms with Gasteiger partial charge in [0.05, 0.1) is 5.92 Å². The molecule has 1 aromatic heterocycles. The third-order valence-corrected chi connectivity index (χ3v) is 7.54. The normalized spacial score (nSPS) is 26.7. The lowest BCUT2D eigenvalue weighted by Crippen LogP contribution is -2.54. The van der Waals surface area contributed by atoms with E-state index < -0.39 is 11.5 Å². The van der Waals surface area contributed by atoms with Crippen molar-refractivity contribution in [2.24, 2.45) is 10.7 Å². The number of amides is 1. The van der Waals surface area contributed by atoms with Crippen LogP contribution in [0.5, 0.6) is 0 Å². The van der Waals surface area contributed by atoms with Gasteiger partial charge in [0.25, 0.3) is 0 Å². The van der Waals surface area contributed by atoms with Gasteiger partial charge >= 0.3 is 0 Å². The zero-order chi connectivity index (χ0) is 21.5. The molecule has 0 saturated carbocycles. The van der Waals surface area contributed by atoms with Crippen LogP contribution in [-0.4, -0.2) is 40.1 Å². The summed E-state index contributed by atoms with van der Waals surface area (Å²) in [5.41, 5.74) is 8.85. The summed E-state index contributed by atoms with van der Waals surface area (Å²) in [6.07, 6.45) is 5.94. The Morgan fingerprint density at radius 3 is 2.57 bits per heavy atom. The molecule has 5 nitrogen and oxygen atoms in total. The number of aliphatic imine (C=N–C) groups is 1. The van der Waals surface area contributed by atoms with Gasteiger partial charge in [-0.2, -0.15) is 0 Å². The Bertz CT molecular complexity index is 1000. The number of pyridine rings is 1. The van der Waals surface area contributed by atoms with Gasteiger partial charge < -0.3 is 5.73 Å². The molecular formula is C24H28N4OS. The minimum atomic E-state index is -0.728. The molecule has 0 spiro atoms. The minimum Gasteiger partial charge on any atom is -0.369 e. The standard InChI is InChI=1S/C24H28N4OS/c1-15(2)16-7-9-17(10-8-16)21-22(29)28(4)23(25)27-24(21,3)20-12-19(14-30-20)18-6-5-11-26-13-18/h5-13,15,19,21H,14H2,1-4H3,(H2,25,27)/t19?,21-,24-/m1/s1. The number of carbonyl (C=O) groups is 1. The van der Waals surface area contributed by atoms with Gasteiger partial charge in [0.1, 0.15) is 5.54 Å². The van der Waals surface area contributed by atoms with Gasteiger partial charge in [0, 0.05) is 36.0 Å². The van der Waals surface area contributed by atoms with E-state index in [9.17, 15) is 4.79 Å². The highest BCUT2D eigenvalue weighted by Gasteiger charge is 2.49. The number of likely N-dealkylation sites (N-methyl/N-ethyl adjacent to an activating group) is 1. The fraction of sp³-hybridized carbons (Fsp3) is 0.375. The van der Waals surface area contributed by atoms with E-state index in [1.807, 2.05) is 19.2 Å². The Hall–Kier alpha value is -2.60. The maximum atomic E-state index is 13.4. The lowest BCUT2D eigenvalue weighted by atomic mass is 9.77. The summed E-state index contributed by atoms with van der Waals surface area (Å²) in [6.45, 7) is 6.38. The van der Waals surface area contributed by atoms with Crippen LogP contribution < -0.4 is 5.73 Å². The Balaban J connectivity index is 1.77. The second-order valence-electron chi connectivity index (χ2n) is 8.50. The van der Waals surface area contributed by atoms with E-state index in [1.165, 1.54) is 16.0 Å². The summed E-state index contributed by atoms with van der Waals surface area (Å²) in [7, 11) is 1.70. The molecule has 0 aliphatic carbocycles. The highest BCUT2D eigenvalue weighted by Crippen LogP contribution is 2.50. The number of aromatic nitrogens is 1. The number of hydrogen-bond donors (Lipinski definition) is 1. The predicted molar refractivity (Wildman–Crippen MR) is 124 cm³/mol. The van der Waals surface area contributed by atoms with Gasteiger partial charge in [-0.15, -0.1) is 11.8 Å². The van der Waals surface area contributed by atoms with E-state index in [-0.39, 0.29) is 17.8 Å². The zero-order valence-corrected chi connectivity index (χ0v) is 18.7. The molecule has 1 amide bonds. The third-order valence-electron chi connectivity index (χ3n) is 6.15. The molecule has 3 atom stereocenters. The first-order chi connectivity index (χ1) is 14.3. The fourth-order valence-electron chi connectivity index (χ4n) is 4.22. The van der Waals surface area contributed by atoms with Crippen molar-refractivity contribution in [3.05, 3.63) is 76.5 Å². The van der Waals surface area contributed by atoms with E-state index >= 15 is 0 Å². The summed E-state index contributed by atoms with van der Waals surface area (Å²) in [4.78, 5) is 25.1. The van der Waals surface area contributed by atoms with Crippen molar-refractivity contribution in [1.82, 2.24) is 9.88 Å². The Kier molecular flexibility index (Phi) is 5.45. The molecule has 156 valence electrons. The zero-order valence-electron chi connectivity index (χ0n) is 17.9. The Morgan fingerprint density at radius 2 is 1.93 bits per heavy atom. The number of hydrogen-bond acceptors (Lipinski definition) is 5. The highest BCUT2D eigenvalue weighted by atomic mass is 32.2. The molecule has 1 aromatic carbocycles. The first-order valence-corrected chi connectivity index (χ1v) is 11.3. The maximum Gasteiger partial charge on any atom is 0.239 e. The number of thioether (sulfide) groups is 1. The lowest BCUT2D eigenvalue weighted by molar-refractivity contribution is -0.129. The van der Waals surface area contributed by atoms with E-state index in [1.54, 1.807) is 25.0 Å². The van der Waals surface area contributed by atoms with Crippen LogP contribution >= 0.6 is 11.8 Å². The first kappa shape index (κ1) is 20.7. The van der Waals surface area contributed by atoms with E-state index in [4.69, 9.17) is 10.7 Å². The van der Waals surface area contributed by atoms with Crippen LogP contribution in [0.1, 0.15) is 55.2 Å². The first-order valence-electron chi connectivity index (χ1n) is 10.3. The predicted octanol–water partition coefficient (Wildman–Crippen LogP) is 4.25. The average molecular weight is 421 g/mol. The fourth-order valence-corrected chi connectivity index (χ4v) is 5.59. The molecule has 2 aromatic rings. The largest absolute Gasteiger partial charge is 0.369 e. The van der Waals surface area contributed by atoms with Crippen molar-refractivity contribution in [3.63, 3.8) is 0 Å². The number of carbonyl (C=O) groups excluding carboxylic acids is 1. The summed E-state index contributed by atoms with van der Waals surface area (Å²) in [6, 6.07) is 12.4. The van der Waals surface area contributed by atoms with E-state index in [0.717, 1.165) is 16.2 Å². The number of benzene rings is 1. The number of rotatable bonds is 4. The number of nitrogens with zero attached hydrogens (tertiary/aromatic N) is 3. The second kappa shape index (κ2) is 7.91. The van der Waals surface area contributed by atoms with Crippen molar-refractivity contribution in [2.75, 3.05) is 12.8 Å². The maximum absolute atomic E-state index is 13.4. The molecule has 2 aliphatic rings. The van der Waals surface area contributed by atoms with Crippen LogP contribution in [0.25, 0.3) is 0 Å². The van der Waals surface area contributed by atoms with Gasteiger partial charge in [0.2, 0.25) is 5.91 Å². The van der Waals surface area contributed by atoms with Gasteiger partial charge in [0.15, 0.2) is 5.96 Å². The van der Waals surface area contributed by atoms with Gasteiger partial charge in [-0.05, 0) is 35.6 Å². The molecule has 0 bridgehead atoms. The van der Waals surface area contributed by atoms with Crippen LogP contribution in [0.3, 0.4) is 0 Å². The Labute approximate surface area is 182 Å². The van der Waals surface area contributed by atoms with E-state index in [0.29, 0.717) is 5.92 Å². The van der Waals surface area contributed by atoms with Crippen LogP contribution in [-0.2, 0) is 4.79 Å². The van der Waals surface area contributed by atoms with Crippen molar-refractivity contribution in [3.8, 4) is 0 Å². The van der Waals surface area contributed by atoms with Crippen molar-refractivity contribution >= 4 is 23.6 Å². The van der Waals surface area contributed by atoms with Crippen LogP contribution in [0, 0.1) is 0 Å². The van der Waals surface area contributed by atoms with Crippen molar-refractivity contribution < 1.29 is 4.79 Å². The molecule has 0 radical (unpaired) electrons. The minimum absolute atomic E-state index is 0.0198. The highest BCUT2D eigenvalue weighted by molar-refractivity contribution is 8.03. The lowest BCUT2D eigenvalue weighted by Gasteiger charge is -2.41. The van der Waals surface area contributed by atoms with Crippen molar-refractivity contribution in [1.29, 1.82) is 0 Å². The molecule has 30 heavy (non-hydrogen) atoms. The van der Waals surface area contributed by atoms with E-state index in [2.05, 4.69) is 55.2 Å². The smallest absolute Gasteiger partial charge is 0.239 e. The molecule has 0 saturated heterocycles. The van der Waals surface area contributed by atoms with Crippen LogP contribution in [0.15, 0.2) is 64.8 Å². The van der Waals surface area contributed by atoms with Crippen LogP contribution in [0.4, 0.5) is 0 Å². The Morgan fingerprint density at radius 1 is 1.20 bits per heavy atom. The van der Waals surface area contributed by atoms with Gasteiger partial charge in [-0.25, -0.2) is 4.99 Å². The molecule has 2 N–H and O–H groups in total. The molecule has 6 heteroatoms. The number of guanidine groups is 1. The quantitative estimate of drug-likeness (QED) is 0.803. The topological polar surface area (TPSA) is 71.6 Å². The summed E-state index contributed by atoms with van der Waals surface area (Å²) in [5.74, 6) is 1.44. The second-order valence-corrected chi connectivity index (χ2v) is 9.57. The van der Waals surface area contributed by atoms with Crippen molar-refractivity contribution in [2.45, 2.75) is 44.1 Å².